The molecule has 0 saturated carbocycles. The molecule has 164 valence electrons. The van der Waals surface area contributed by atoms with Crippen LogP contribution < -0.4 is 14.8 Å². The van der Waals surface area contributed by atoms with Gasteiger partial charge in [0.05, 0.1) is 11.9 Å². The third-order valence-corrected chi connectivity index (χ3v) is 7.35. The molecule has 1 amide bonds. The van der Waals surface area contributed by atoms with Gasteiger partial charge in [-0.1, -0.05) is 0 Å². The standard InChI is InChI=1S/C20H32FN3O4S/c1-20(2,3)29(26,27)23-7-10-24-8-5-15(6-9-24)14-22-19(25)16-11-17(21)13-18(12-16)28-4/h11-13,15,23H,5-10,14H2,1-4H3,(H,22,25). The van der Waals surface area contributed by atoms with Gasteiger partial charge >= 0.3 is 0 Å². The summed E-state index contributed by atoms with van der Waals surface area (Å²) in [6, 6.07) is 3.94. The van der Waals surface area contributed by atoms with E-state index in [9.17, 15) is 17.6 Å². The van der Waals surface area contributed by atoms with Gasteiger partial charge in [0, 0.05) is 31.3 Å². The minimum Gasteiger partial charge on any atom is -0.497 e. The third kappa shape index (κ3) is 6.94. The highest BCUT2D eigenvalue weighted by atomic mass is 32.2. The summed E-state index contributed by atoms with van der Waals surface area (Å²) >= 11 is 0. The second-order valence-electron chi connectivity index (χ2n) is 8.38. The maximum Gasteiger partial charge on any atom is 0.251 e. The van der Waals surface area contributed by atoms with Crippen LogP contribution in [0.5, 0.6) is 5.75 Å². The van der Waals surface area contributed by atoms with Crippen LogP contribution in [-0.4, -0.2) is 63.8 Å². The first-order valence-corrected chi connectivity index (χ1v) is 11.3. The van der Waals surface area contributed by atoms with E-state index in [0.717, 1.165) is 25.9 Å². The number of nitrogens with zero attached hydrogens (tertiary/aromatic N) is 1. The number of nitrogens with one attached hydrogen (secondary N) is 2. The monoisotopic (exact) mass is 429 g/mol. The molecule has 0 radical (unpaired) electrons. The van der Waals surface area contributed by atoms with E-state index in [1.54, 1.807) is 20.8 Å². The molecular formula is C20H32FN3O4S. The van der Waals surface area contributed by atoms with E-state index >= 15 is 0 Å². The second-order valence-corrected chi connectivity index (χ2v) is 10.9. The van der Waals surface area contributed by atoms with Gasteiger partial charge < -0.3 is 15.0 Å². The molecule has 0 atom stereocenters. The lowest BCUT2D eigenvalue weighted by molar-refractivity contribution is 0.0935. The molecule has 1 aromatic carbocycles. The second kappa shape index (κ2) is 9.86. The quantitative estimate of drug-likeness (QED) is 0.660. The minimum atomic E-state index is -3.32. The van der Waals surface area contributed by atoms with Gasteiger partial charge in [-0.3, -0.25) is 4.79 Å². The maximum atomic E-state index is 13.5. The zero-order valence-corrected chi connectivity index (χ0v) is 18.4. The SMILES string of the molecule is COc1cc(F)cc(C(=O)NCC2CCN(CCNS(=O)(=O)C(C)(C)C)CC2)c1. The molecule has 0 spiro atoms. The summed E-state index contributed by atoms with van der Waals surface area (Å²) < 4.78 is 44.5. The van der Waals surface area contributed by atoms with Crippen molar-refractivity contribution in [2.24, 2.45) is 5.92 Å². The van der Waals surface area contributed by atoms with Crippen molar-refractivity contribution in [1.29, 1.82) is 0 Å². The van der Waals surface area contributed by atoms with Crippen molar-refractivity contribution < 1.29 is 22.3 Å². The third-order valence-electron chi connectivity index (χ3n) is 5.15. The fourth-order valence-corrected chi connectivity index (χ4v) is 3.91. The molecule has 7 nitrogen and oxygen atoms in total. The molecule has 0 bridgehead atoms. The minimum absolute atomic E-state index is 0.241. The van der Waals surface area contributed by atoms with Gasteiger partial charge in [0.15, 0.2) is 0 Å². The number of amides is 1. The molecule has 1 heterocycles. The van der Waals surface area contributed by atoms with E-state index in [2.05, 4.69) is 14.9 Å². The van der Waals surface area contributed by atoms with E-state index in [0.29, 0.717) is 31.3 Å². The van der Waals surface area contributed by atoms with Crippen molar-refractivity contribution in [3.05, 3.63) is 29.6 Å². The lowest BCUT2D eigenvalue weighted by atomic mass is 9.96. The van der Waals surface area contributed by atoms with Gasteiger partial charge in [-0.05, 0) is 64.8 Å². The van der Waals surface area contributed by atoms with Crippen LogP contribution in [0.4, 0.5) is 4.39 Å². The van der Waals surface area contributed by atoms with Crippen molar-refractivity contribution in [1.82, 2.24) is 14.9 Å². The van der Waals surface area contributed by atoms with Crippen molar-refractivity contribution in [2.45, 2.75) is 38.4 Å². The van der Waals surface area contributed by atoms with Crippen LogP contribution in [0.1, 0.15) is 44.0 Å². The Bertz CT molecular complexity index is 800. The summed E-state index contributed by atoms with van der Waals surface area (Å²) in [6.07, 6.45) is 1.83. The zero-order valence-electron chi connectivity index (χ0n) is 17.6. The number of piperidine rings is 1. The first kappa shape index (κ1) is 23.6. The lowest BCUT2D eigenvalue weighted by Gasteiger charge is -2.32. The van der Waals surface area contributed by atoms with Crippen molar-refractivity contribution in [2.75, 3.05) is 39.8 Å². The predicted molar refractivity (Wildman–Crippen MR) is 111 cm³/mol. The number of sulfonamides is 1. The van der Waals surface area contributed by atoms with Gasteiger partial charge in [0.25, 0.3) is 5.91 Å². The van der Waals surface area contributed by atoms with Crippen LogP contribution in [0, 0.1) is 11.7 Å². The molecule has 0 aliphatic carbocycles. The Morgan fingerprint density at radius 2 is 1.90 bits per heavy atom. The largest absolute Gasteiger partial charge is 0.497 e. The highest BCUT2D eigenvalue weighted by molar-refractivity contribution is 7.90. The molecule has 0 unspecified atom stereocenters. The van der Waals surface area contributed by atoms with E-state index in [1.807, 2.05) is 0 Å². The number of hydrogen-bond donors (Lipinski definition) is 2. The fraction of sp³-hybridized carbons (Fsp3) is 0.650. The molecule has 2 N–H and O–H groups in total. The molecule has 1 saturated heterocycles. The Labute approximate surface area is 173 Å². The van der Waals surface area contributed by atoms with Crippen molar-refractivity contribution in [3.8, 4) is 5.75 Å². The predicted octanol–water partition coefficient (Wildman–Crippen LogP) is 1.99. The number of carbonyl (C=O) groups excluding carboxylic acids is 1. The average Bonchev–Trinajstić information content (AvgIpc) is 2.65. The molecule has 9 heteroatoms. The Balaban J connectivity index is 1.72. The smallest absolute Gasteiger partial charge is 0.251 e. The highest BCUT2D eigenvalue weighted by Crippen LogP contribution is 2.18. The van der Waals surface area contributed by atoms with Gasteiger partial charge in [0.2, 0.25) is 10.0 Å². The number of halogens is 1. The van der Waals surface area contributed by atoms with Crippen LogP contribution in [0.2, 0.25) is 0 Å². The number of carbonyl (C=O) groups is 1. The summed E-state index contributed by atoms with van der Waals surface area (Å²) in [5.41, 5.74) is 0.241. The number of hydrogen-bond acceptors (Lipinski definition) is 5. The zero-order chi connectivity index (χ0) is 21.7. The molecule has 1 aromatic rings. The number of rotatable bonds is 8. The Hall–Kier alpha value is -1.71. The average molecular weight is 430 g/mol. The number of ether oxygens (including phenoxy) is 1. The molecule has 1 aliphatic heterocycles. The molecule has 2 rings (SSSR count). The molecule has 29 heavy (non-hydrogen) atoms. The number of likely N-dealkylation sites (tertiary alicyclic amines) is 1. The summed E-state index contributed by atoms with van der Waals surface area (Å²) in [4.78, 5) is 14.5. The van der Waals surface area contributed by atoms with Gasteiger partial charge in [0.1, 0.15) is 11.6 Å². The van der Waals surface area contributed by atoms with Gasteiger partial charge in [-0.2, -0.15) is 0 Å². The molecule has 0 aromatic heterocycles. The summed E-state index contributed by atoms with van der Waals surface area (Å²) in [5.74, 6) is -0.172. The Kier molecular flexibility index (Phi) is 8.02. The van der Waals surface area contributed by atoms with Crippen LogP contribution in [0.25, 0.3) is 0 Å². The topological polar surface area (TPSA) is 87.7 Å². The van der Waals surface area contributed by atoms with E-state index in [1.165, 1.54) is 25.3 Å². The van der Waals surface area contributed by atoms with Crippen molar-refractivity contribution in [3.63, 3.8) is 0 Å². The maximum absolute atomic E-state index is 13.5. The fourth-order valence-electron chi connectivity index (χ4n) is 3.12. The summed E-state index contributed by atoms with van der Waals surface area (Å²) in [6.45, 7) is 8.32. The lowest BCUT2D eigenvalue weighted by Crippen LogP contribution is -2.45. The first-order valence-electron chi connectivity index (χ1n) is 9.86. The number of benzene rings is 1. The highest BCUT2D eigenvalue weighted by Gasteiger charge is 2.28. The van der Waals surface area contributed by atoms with Crippen LogP contribution in [0.15, 0.2) is 18.2 Å². The van der Waals surface area contributed by atoms with E-state index in [4.69, 9.17) is 4.74 Å². The Morgan fingerprint density at radius 1 is 1.24 bits per heavy atom. The molecular weight excluding hydrogens is 397 g/mol. The van der Waals surface area contributed by atoms with Crippen LogP contribution >= 0.6 is 0 Å². The van der Waals surface area contributed by atoms with Gasteiger partial charge in [-0.15, -0.1) is 0 Å². The number of methoxy groups -OCH3 is 1. The van der Waals surface area contributed by atoms with Crippen LogP contribution in [0.3, 0.4) is 0 Å². The van der Waals surface area contributed by atoms with E-state index < -0.39 is 20.6 Å². The van der Waals surface area contributed by atoms with Crippen molar-refractivity contribution >= 4 is 15.9 Å². The van der Waals surface area contributed by atoms with Crippen LogP contribution in [-0.2, 0) is 10.0 Å². The van der Waals surface area contributed by atoms with E-state index in [-0.39, 0.29) is 11.5 Å². The summed E-state index contributed by atoms with van der Waals surface area (Å²) in [5, 5.41) is 2.87. The normalized spacial score (nSPS) is 16.6. The molecule has 1 aliphatic rings. The summed E-state index contributed by atoms with van der Waals surface area (Å²) in [7, 11) is -1.89. The first-order chi connectivity index (χ1) is 13.5. The van der Waals surface area contributed by atoms with Gasteiger partial charge in [-0.25, -0.2) is 17.5 Å². The molecule has 1 fully saturated rings. The Morgan fingerprint density at radius 3 is 2.48 bits per heavy atom.